The van der Waals surface area contributed by atoms with E-state index in [9.17, 15) is 0 Å². The molecule has 106 valence electrons. The number of nitrogens with zero attached hydrogens (tertiary/aromatic N) is 2. The van der Waals surface area contributed by atoms with Gasteiger partial charge in [0.25, 0.3) is 0 Å². The van der Waals surface area contributed by atoms with Crippen molar-refractivity contribution in [3.63, 3.8) is 0 Å². The Bertz CT molecular complexity index is 618. The van der Waals surface area contributed by atoms with Crippen molar-refractivity contribution in [1.82, 2.24) is 14.9 Å². The molecule has 3 nitrogen and oxygen atoms in total. The summed E-state index contributed by atoms with van der Waals surface area (Å²) < 4.78 is 2.56. The number of para-hydroxylation sites is 2. The number of hydrogen-bond donors (Lipinski definition) is 1. The SMILES string of the molecule is CCC1(c2nc3ccccc3n2C2CC2)CCCNC1. The lowest BCUT2D eigenvalue weighted by Crippen LogP contribution is -2.44. The van der Waals surface area contributed by atoms with Crippen LogP contribution >= 0.6 is 0 Å². The molecule has 1 saturated heterocycles. The highest BCUT2D eigenvalue weighted by atomic mass is 15.2. The first-order valence-corrected chi connectivity index (χ1v) is 8.02. The van der Waals surface area contributed by atoms with Gasteiger partial charge in [0, 0.05) is 18.0 Å². The predicted molar refractivity (Wildman–Crippen MR) is 82.1 cm³/mol. The highest BCUT2D eigenvalue weighted by Gasteiger charge is 2.40. The number of hydrogen-bond acceptors (Lipinski definition) is 2. The second-order valence-corrected chi connectivity index (χ2v) is 6.44. The van der Waals surface area contributed by atoms with Crippen LogP contribution in [0.3, 0.4) is 0 Å². The van der Waals surface area contributed by atoms with Gasteiger partial charge in [-0.2, -0.15) is 0 Å². The summed E-state index contributed by atoms with van der Waals surface area (Å²) in [6, 6.07) is 9.35. The van der Waals surface area contributed by atoms with Crippen molar-refractivity contribution < 1.29 is 0 Å². The summed E-state index contributed by atoms with van der Waals surface area (Å²) in [5.74, 6) is 1.34. The molecule has 2 heterocycles. The molecule has 0 amide bonds. The maximum atomic E-state index is 5.06. The normalized spacial score (nSPS) is 27.1. The van der Waals surface area contributed by atoms with Gasteiger partial charge >= 0.3 is 0 Å². The van der Waals surface area contributed by atoms with Gasteiger partial charge in [-0.3, -0.25) is 0 Å². The van der Waals surface area contributed by atoms with Gasteiger partial charge in [-0.05, 0) is 50.8 Å². The Hall–Kier alpha value is -1.35. The van der Waals surface area contributed by atoms with Crippen LogP contribution in [0.5, 0.6) is 0 Å². The molecular weight excluding hydrogens is 246 g/mol. The summed E-state index contributed by atoms with van der Waals surface area (Å²) in [5, 5.41) is 3.60. The van der Waals surface area contributed by atoms with Crippen LogP contribution in [0, 0.1) is 0 Å². The monoisotopic (exact) mass is 269 g/mol. The molecule has 1 saturated carbocycles. The average molecular weight is 269 g/mol. The molecule has 1 aliphatic carbocycles. The Morgan fingerprint density at radius 1 is 1.35 bits per heavy atom. The Balaban J connectivity index is 1.91. The zero-order chi connectivity index (χ0) is 13.6. The Labute approximate surface area is 120 Å². The molecule has 2 fully saturated rings. The smallest absolute Gasteiger partial charge is 0.117 e. The lowest BCUT2D eigenvalue weighted by molar-refractivity contribution is 0.280. The van der Waals surface area contributed by atoms with Gasteiger partial charge in [-0.15, -0.1) is 0 Å². The minimum atomic E-state index is 0.236. The fourth-order valence-corrected chi connectivity index (χ4v) is 3.74. The van der Waals surface area contributed by atoms with Crippen molar-refractivity contribution in [2.45, 2.75) is 50.5 Å². The van der Waals surface area contributed by atoms with E-state index in [0.717, 1.165) is 13.1 Å². The number of nitrogens with one attached hydrogen (secondary N) is 1. The van der Waals surface area contributed by atoms with Gasteiger partial charge in [0.15, 0.2) is 0 Å². The number of rotatable bonds is 3. The molecule has 4 rings (SSSR count). The third-order valence-corrected chi connectivity index (χ3v) is 5.13. The maximum Gasteiger partial charge on any atom is 0.117 e. The van der Waals surface area contributed by atoms with E-state index in [4.69, 9.17) is 4.98 Å². The third-order valence-electron chi connectivity index (χ3n) is 5.13. The van der Waals surface area contributed by atoms with E-state index < -0.39 is 0 Å². The largest absolute Gasteiger partial charge is 0.324 e. The topological polar surface area (TPSA) is 29.9 Å². The third kappa shape index (κ3) is 1.80. The van der Waals surface area contributed by atoms with Crippen molar-refractivity contribution in [1.29, 1.82) is 0 Å². The van der Waals surface area contributed by atoms with Crippen LogP contribution in [0.1, 0.15) is 50.9 Å². The second-order valence-electron chi connectivity index (χ2n) is 6.44. The predicted octanol–water partition coefficient (Wildman–Crippen LogP) is 3.40. The van der Waals surface area contributed by atoms with E-state index in [1.165, 1.54) is 49.0 Å². The summed E-state index contributed by atoms with van der Waals surface area (Å²) in [6.45, 7) is 4.56. The Morgan fingerprint density at radius 2 is 2.20 bits per heavy atom. The fraction of sp³-hybridized carbons (Fsp3) is 0.588. The lowest BCUT2D eigenvalue weighted by atomic mass is 9.77. The first-order valence-electron chi connectivity index (χ1n) is 8.02. The lowest BCUT2D eigenvalue weighted by Gasteiger charge is -2.36. The van der Waals surface area contributed by atoms with Gasteiger partial charge in [0.2, 0.25) is 0 Å². The van der Waals surface area contributed by atoms with Crippen LogP contribution in [0.2, 0.25) is 0 Å². The van der Waals surface area contributed by atoms with E-state index in [2.05, 4.69) is 41.1 Å². The Morgan fingerprint density at radius 3 is 2.90 bits per heavy atom. The van der Waals surface area contributed by atoms with Crippen LogP contribution in [0.15, 0.2) is 24.3 Å². The van der Waals surface area contributed by atoms with Gasteiger partial charge in [0.05, 0.1) is 11.0 Å². The van der Waals surface area contributed by atoms with E-state index in [1.54, 1.807) is 0 Å². The summed E-state index contributed by atoms with van der Waals surface area (Å²) >= 11 is 0. The van der Waals surface area contributed by atoms with Crippen LogP contribution in [-0.4, -0.2) is 22.6 Å². The highest BCUT2D eigenvalue weighted by molar-refractivity contribution is 5.76. The van der Waals surface area contributed by atoms with Crippen molar-refractivity contribution in [2.75, 3.05) is 13.1 Å². The van der Waals surface area contributed by atoms with Gasteiger partial charge in [-0.25, -0.2) is 4.98 Å². The number of imidazole rings is 1. The first-order chi connectivity index (χ1) is 9.84. The number of fused-ring (bicyclic) bond motifs is 1. The molecule has 3 heteroatoms. The van der Waals surface area contributed by atoms with Crippen LogP contribution in [0.4, 0.5) is 0 Å². The second kappa shape index (κ2) is 4.59. The van der Waals surface area contributed by atoms with Crippen molar-refractivity contribution in [3.05, 3.63) is 30.1 Å². The molecular formula is C17H23N3. The zero-order valence-corrected chi connectivity index (χ0v) is 12.2. The van der Waals surface area contributed by atoms with Gasteiger partial charge < -0.3 is 9.88 Å². The van der Waals surface area contributed by atoms with Crippen molar-refractivity contribution in [3.8, 4) is 0 Å². The minimum Gasteiger partial charge on any atom is -0.324 e. The zero-order valence-electron chi connectivity index (χ0n) is 12.2. The molecule has 1 atom stereocenters. The number of piperidine rings is 1. The molecule has 1 aliphatic heterocycles. The summed E-state index contributed by atoms with van der Waals surface area (Å²) in [4.78, 5) is 5.06. The molecule has 0 spiro atoms. The van der Waals surface area contributed by atoms with E-state index in [-0.39, 0.29) is 5.41 Å². The molecule has 1 aromatic carbocycles. The summed E-state index contributed by atoms with van der Waals surface area (Å²) in [5.41, 5.74) is 2.75. The number of benzene rings is 1. The first kappa shape index (κ1) is 12.4. The minimum absolute atomic E-state index is 0.236. The molecule has 0 bridgehead atoms. The van der Waals surface area contributed by atoms with Crippen LogP contribution in [-0.2, 0) is 5.41 Å². The van der Waals surface area contributed by atoms with Gasteiger partial charge in [0.1, 0.15) is 5.82 Å². The molecule has 2 aliphatic rings. The van der Waals surface area contributed by atoms with Crippen LogP contribution in [0.25, 0.3) is 11.0 Å². The highest BCUT2D eigenvalue weighted by Crippen LogP contribution is 2.43. The summed E-state index contributed by atoms with van der Waals surface area (Å²) in [7, 11) is 0. The number of aromatic nitrogens is 2. The molecule has 20 heavy (non-hydrogen) atoms. The average Bonchev–Trinajstić information content (AvgIpc) is 3.27. The molecule has 1 unspecified atom stereocenters. The fourth-order valence-electron chi connectivity index (χ4n) is 3.74. The standard InChI is InChI=1S/C17H23N3/c1-2-17(10-5-11-18-12-17)16-19-14-6-3-4-7-15(14)20(16)13-8-9-13/h3-4,6-7,13,18H,2,5,8-12H2,1H3. The maximum absolute atomic E-state index is 5.06. The van der Waals surface area contributed by atoms with E-state index >= 15 is 0 Å². The van der Waals surface area contributed by atoms with Crippen molar-refractivity contribution in [2.24, 2.45) is 0 Å². The van der Waals surface area contributed by atoms with Crippen LogP contribution < -0.4 is 5.32 Å². The molecule has 2 aromatic rings. The quantitative estimate of drug-likeness (QED) is 0.925. The van der Waals surface area contributed by atoms with Gasteiger partial charge in [-0.1, -0.05) is 19.1 Å². The van der Waals surface area contributed by atoms with E-state index in [1.807, 2.05) is 0 Å². The molecule has 0 radical (unpaired) electrons. The van der Waals surface area contributed by atoms with E-state index in [0.29, 0.717) is 6.04 Å². The molecule has 1 N–H and O–H groups in total. The van der Waals surface area contributed by atoms with Crippen molar-refractivity contribution >= 4 is 11.0 Å². The Kier molecular flexibility index (Phi) is 2.84. The summed E-state index contributed by atoms with van der Waals surface area (Å²) in [6.07, 6.45) is 6.35. The molecule has 1 aromatic heterocycles.